The van der Waals surface area contributed by atoms with E-state index in [1.54, 1.807) is 11.3 Å². The molecule has 0 aliphatic rings. The van der Waals surface area contributed by atoms with Gasteiger partial charge in [0.1, 0.15) is 0 Å². The molecule has 1 heterocycles. The molecule has 0 spiro atoms. The number of nitrogens with two attached hydrogens (primary N) is 1. The first-order valence-corrected chi connectivity index (χ1v) is 6.76. The van der Waals surface area contributed by atoms with Gasteiger partial charge in [-0.2, -0.15) is 0 Å². The predicted molar refractivity (Wildman–Crippen MR) is 73.6 cm³/mol. The molecule has 17 heavy (non-hydrogen) atoms. The molecule has 0 radical (unpaired) electrons. The number of aryl methyl sites for hydroxylation is 2. The normalized spacial score (nSPS) is 10.8. The van der Waals surface area contributed by atoms with E-state index in [2.05, 4.69) is 42.4 Å². The van der Waals surface area contributed by atoms with Crippen LogP contribution in [0.4, 0.5) is 0 Å². The molecule has 0 unspecified atom stereocenters. The molecule has 0 saturated carbocycles. The van der Waals surface area contributed by atoms with Crippen LogP contribution in [0.1, 0.15) is 27.4 Å². The number of hydrogen-bond donors (Lipinski definition) is 1. The third-order valence-corrected chi connectivity index (χ3v) is 3.82. The molecule has 2 aromatic rings. The van der Waals surface area contributed by atoms with Crippen LogP contribution >= 0.6 is 11.3 Å². The zero-order valence-corrected chi connectivity index (χ0v) is 11.2. The Kier molecular flexibility index (Phi) is 3.92. The summed E-state index contributed by atoms with van der Waals surface area (Å²) < 4.78 is 0. The first kappa shape index (κ1) is 12.3. The Morgan fingerprint density at radius 1 is 1.24 bits per heavy atom. The van der Waals surface area contributed by atoms with E-state index in [0.717, 1.165) is 18.5 Å². The fraction of sp³-hybridized carbons (Fsp3) is 0.357. The molecular weight excluding hydrogens is 228 g/mol. The molecular formula is C14H18N2S. The van der Waals surface area contributed by atoms with Crippen molar-refractivity contribution in [3.63, 3.8) is 0 Å². The summed E-state index contributed by atoms with van der Waals surface area (Å²) in [5.41, 5.74) is 10.7. The van der Waals surface area contributed by atoms with E-state index in [1.165, 1.54) is 21.7 Å². The van der Waals surface area contributed by atoms with Crippen LogP contribution < -0.4 is 5.73 Å². The number of benzene rings is 1. The minimum Gasteiger partial charge on any atom is -0.330 e. The van der Waals surface area contributed by atoms with Crippen molar-refractivity contribution < 1.29 is 0 Å². The van der Waals surface area contributed by atoms with E-state index in [0.29, 0.717) is 6.54 Å². The first-order chi connectivity index (χ1) is 8.19. The van der Waals surface area contributed by atoms with Crippen molar-refractivity contribution in [2.24, 2.45) is 5.73 Å². The van der Waals surface area contributed by atoms with Gasteiger partial charge in [-0.25, -0.2) is 4.98 Å². The van der Waals surface area contributed by atoms with Gasteiger partial charge in [0.2, 0.25) is 0 Å². The van der Waals surface area contributed by atoms with Crippen LogP contribution in [0.15, 0.2) is 23.6 Å². The van der Waals surface area contributed by atoms with Crippen LogP contribution in [-0.4, -0.2) is 11.5 Å². The van der Waals surface area contributed by atoms with Crippen LogP contribution in [0.2, 0.25) is 0 Å². The summed E-state index contributed by atoms with van der Waals surface area (Å²) in [4.78, 5) is 4.59. The lowest BCUT2D eigenvalue weighted by Gasteiger charge is -2.03. The average Bonchev–Trinajstić information content (AvgIpc) is 2.72. The van der Waals surface area contributed by atoms with Crippen LogP contribution in [0.25, 0.3) is 0 Å². The van der Waals surface area contributed by atoms with E-state index < -0.39 is 0 Å². The molecule has 3 heteroatoms. The van der Waals surface area contributed by atoms with Crippen LogP contribution in [0.3, 0.4) is 0 Å². The molecule has 0 amide bonds. The van der Waals surface area contributed by atoms with E-state index >= 15 is 0 Å². The fourth-order valence-electron chi connectivity index (χ4n) is 1.78. The van der Waals surface area contributed by atoms with E-state index in [4.69, 9.17) is 5.73 Å². The van der Waals surface area contributed by atoms with Crippen molar-refractivity contribution in [2.45, 2.75) is 26.7 Å². The third-order valence-electron chi connectivity index (χ3n) is 2.93. The molecule has 90 valence electrons. The van der Waals surface area contributed by atoms with Gasteiger partial charge in [0.15, 0.2) is 0 Å². The Morgan fingerprint density at radius 2 is 2.06 bits per heavy atom. The molecule has 1 aromatic carbocycles. The first-order valence-electron chi connectivity index (χ1n) is 5.88. The molecule has 0 fully saturated rings. The Bertz CT molecular complexity index is 503. The molecule has 0 aliphatic carbocycles. The number of rotatable bonds is 4. The number of aromatic nitrogens is 1. The lowest BCUT2D eigenvalue weighted by atomic mass is 10.0. The van der Waals surface area contributed by atoms with Crippen molar-refractivity contribution in [3.8, 4) is 0 Å². The SMILES string of the molecule is Cc1ccc(Cc2nc(CCN)cs2)cc1C. The van der Waals surface area contributed by atoms with Crippen molar-refractivity contribution in [1.29, 1.82) is 0 Å². The smallest absolute Gasteiger partial charge is 0.0972 e. The molecule has 2 nitrogen and oxygen atoms in total. The molecule has 1 aromatic heterocycles. The largest absolute Gasteiger partial charge is 0.330 e. The lowest BCUT2D eigenvalue weighted by molar-refractivity contribution is 0.922. The molecule has 2 rings (SSSR count). The van der Waals surface area contributed by atoms with Gasteiger partial charge in [-0.3, -0.25) is 0 Å². The highest BCUT2D eigenvalue weighted by Crippen LogP contribution is 2.17. The maximum Gasteiger partial charge on any atom is 0.0972 e. The quantitative estimate of drug-likeness (QED) is 0.901. The predicted octanol–water partition coefficient (Wildman–Crippen LogP) is 2.85. The van der Waals surface area contributed by atoms with Crippen LogP contribution in [-0.2, 0) is 12.8 Å². The maximum absolute atomic E-state index is 5.52. The summed E-state index contributed by atoms with van der Waals surface area (Å²) in [7, 11) is 0. The molecule has 2 N–H and O–H groups in total. The molecule has 0 atom stereocenters. The summed E-state index contributed by atoms with van der Waals surface area (Å²) in [6, 6.07) is 6.62. The third kappa shape index (κ3) is 3.14. The van der Waals surface area contributed by atoms with Gasteiger partial charge in [0, 0.05) is 18.2 Å². The van der Waals surface area contributed by atoms with Crippen molar-refractivity contribution in [2.75, 3.05) is 6.54 Å². The summed E-state index contributed by atoms with van der Waals surface area (Å²) in [6.07, 6.45) is 1.81. The Balaban J connectivity index is 2.11. The molecule has 0 saturated heterocycles. The molecule has 0 aliphatic heterocycles. The van der Waals surface area contributed by atoms with E-state index in [9.17, 15) is 0 Å². The van der Waals surface area contributed by atoms with Gasteiger partial charge in [0.05, 0.1) is 10.7 Å². The van der Waals surface area contributed by atoms with Crippen LogP contribution in [0.5, 0.6) is 0 Å². The van der Waals surface area contributed by atoms with Gasteiger partial charge in [0.25, 0.3) is 0 Å². The lowest BCUT2D eigenvalue weighted by Crippen LogP contribution is -2.02. The minimum atomic E-state index is 0.673. The van der Waals surface area contributed by atoms with Gasteiger partial charge < -0.3 is 5.73 Å². The standard InChI is InChI=1S/C14H18N2S/c1-10-3-4-12(7-11(10)2)8-14-16-13(5-6-15)9-17-14/h3-4,7,9H,5-6,8,15H2,1-2H3. The second-order valence-corrected chi connectivity index (χ2v) is 5.31. The monoisotopic (exact) mass is 246 g/mol. The highest BCUT2D eigenvalue weighted by molar-refractivity contribution is 7.09. The summed E-state index contributed by atoms with van der Waals surface area (Å²) in [6.45, 7) is 4.97. The highest BCUT2D eigenvalue weighted by Gasteiger charge is 2.03. The van der Waals surface area contributed by atoms with Crippen LogP contribution in [0, 0.1) is 13.8 Å². The number of thiazole rings is 1. The number of hydrogen-bond acceptors (Lipinski definition) is 3. The van der Waals surface area contributed by atoms with Gasteiger partial charge in [-0.05, 0) is 37.1 Å². The summed E-state index contributed by atoms with van der Waals surface area (Å²) >= 11 is 1.73. The Morgan fingerprint density at radius 3 is 2.76 bits per heavy atom. The second-order valence-electron chi connectivity index (χ2n) is 4.37. The Hall–Kier alpha value is -1.19. The topological polar surface area (TPSA) is 38.9 Å². The molecule has 0 bridgehead atoms. The summed E-state index contributed by atoms with van der Waals surface area (Å²) in [5.74, 6) is 0. The van der Waals surface area contributed by atoms with E-state index in [1.807, 2.05) is 0 Å². The maximum atomic E-state index is 5.52. The van der Waals surface area contributed by atoms with Gasteiger partial charge in [-0.15, -0.1) is 11.3 Å². The Labute approximate surface area is 107 Å². The van der Waals surface area contributed by atoms with Crippen molar-refractivity contribution in [3.05, 3.63) is 51.0 Å². The minimum absolute atomic E-state index is 0.673. The fourth-order valence-corrected chi connectivity index (χ4v) is 2.64. The van der Waals surface area contributed by atoms with Gasteiger partial charge >= 0.3 is 0 Å². The van der Waals surface area contributed by atoms with Crippen molar-refractivity contribution >= 4 is 11.3 Å². The summed E-state index contributed by atoms with van der Waals surface area (Å²) in [5, 5.41) is 3.29. The zero-order valence-electron chi connectivity index (χ0n) is 10.4. The zero-order chi connectivity index (χ0) is 12.3. The second kappa shape index (κ2) is 5.43. The van der Waals surface area contributed by atoms with Crippen molar-refractivity contribution in [1.82, 2.24) is 4.98 Å². The van der Waals surface area contributed by atoms with E-state index in [-0.39, 0.29) is 0 Å². The highest BCUT2D eigenvalue weighted by atomic mass is 32.1. The average molecular weight is 246 g/mol. The number of nitrogens with zero attached hydrogens (tertiary/aromatic N) is 1. The van der Waals surface area contributed by atoms with Gasteiger partial charge in [-0.1, -0.05) is 18.2 Å².